The van der Waals surface area contributed by atoms with Gasteiger partial charge in [-0.1, -0.05) is 42.5 Å². The summed E-state index contributed by atoms with van der Waals surface area (Å²) in [6.45, 7) is 0. The molecule has 2 aromatic carbocycles. The van der Waals surface area contributed by atoms with Gasteiger partial charge in [-0.3, -0.25) is 4.79 Å². The first-order chi connectivity index (χ1) is 10.1. The average Bonchev–Trinajstić information content (AvgIpc) is 2.53. The van der Waals surface area contributed by atoms with Crippen LogP contribution in [0.25, 0.3) is 0 Å². The standard InChI is InChI=1S/C16H16N2O3/c1-21-16(20)14(11-7-3-2-4-8-11)18-15(19)12-9-5-6-10-13(12)17/h2-10,14H,17H2,1H3,(H,18,19). The Balaban J connectivity index is 2.26. The molecule has 0 saturated carbocycles. The van der Waals surface area contributed by atoms with Crippen molar-refractivity contribution in [2.45, 2.75) is 6.04 Å². The molecule has 0 heterocycles. The minimum atomic E-state index is -0.872. The molecule has 0 fully saturated rings. The maximum atomic E-state index is 12.3. The van der Waals surface area contributed by atoms with Crippen molar-refractivity contribution in [1.82, 2.24) is 5.32 Å². The lowest BCUT2D eigenvalue weighted by Crippen LogP contribution is -2.34. The van der Waals surface area contributed by atoms with Gasteiger partial charge in [0, 0.05) is 5.69 Å². The first-order valence-corrected chi connectivity index (χ1v) is 6.41. The molecule has 0 aliphatic rings. The van der Waals surface area contributed by atoms with Crippen LogP contribution in [0, 0.1) is 0 Å². The molecule has 5 heteroatoms. The van der Waals surface area contributed by atoms with Crippen LogP contribution in [-0.2, 0) is 9.53 Å². The Kier molecular flexibility index (Phi) is 4.56. The smallest absolute Gasteiger partial charge is 0.333 e. The number of carbonyl (C=O) groups excluding carboxylic acids is 2. The zero-order valence-electron chi connectivity index (χ0n) is 11.6. The summed E-state index contributed by atoms with van der Waals surface area (Å²) in [5, 5.41) is 2.65. The van der Waals surface area contributed by atoms with E-state index in [-0.39, 0.29) is 0 Å². The first-order valence-electron chi connectivity index (χ1n) is 6.41. The number of ether oxygens (including phenoxy) is 1. The van der Waals surface area contributed by atoms with E-state index >= 15 is 0 Å². The summed E-state index contributed by atoms with van der Waals surface area (Å²) < 4.78 is 4.75. The Morgan fingerprint density at radius 1 is 1.05 bits per heavy atom. The van der Waals surface area contributed by atoms with Crippen LogP contribution in [0.5, 0.6) is 0 Å². The molecule has 1 atom stereocenters. The Labute approximate surface area is 122 Å². The molecule has 2 aromatic rings. The molecule has 5 nitrogen and oxygen atoms in total. The van der Waals surface area contributed by atoms with Gasteiger partial charge >= 0.3 is 5.97 Å². The predicted octanol–water partition coefficient (Wildman–Crippen LogP) is 1.91. The van der Waals surface area contributed by atoms with Gasteiger partial charge in [0.1, 0.15) is 0 Å². The van der Waals surface area contributed by atoms with Gasteiger partial charge in [0.05, 0.1) is 12.7 Å². The summed E-state index contributed by atoms with van der Waals surface area (Å²) in [7, 11) is 1.28. The fourth-order valence-electron chi connectivity index (χ4n) is 1.95. The molecule has 1 amide bonds. The number of nitrogens with two attached hydrogens (primary N) is 1. The third kappa shape index (κ3) is 3.39. The molecule has 1 unspecified atom stereocenters. The molecule has 2 rings (SSSR count). The highest BCUT2D eigenvalue weighted by Gasteiger charge is 2.24. The third-order valence-electron chi connectivity index (χ3n) is 3.05. The van der Waals surface area contributed by atoms with E-state index in [9.17, 15) is 9.59 Å². The maximum absolute atomic E-state index is 12.3. The Bertz CT molecular complexity index is 641. The van der Waals surface area contributed by atoms with Gasteiger partial charge in [-0.25, -0.2) is 4.79 Å². The summed E-state index contributed by atoms with van der Waals surface area (Å²) in [5.41, 5.74) is 7.09. The molecule has 0 spiro atoms. The van der Waals surface area contributed by atoms with Crippen molar-refractivity contribution in [1.29, 1.82) is 0 Å². The van der Waals surface area contributed by atoms with E-state index < -0.39 is 17.9 Å². The van der Waals surface area contributed by atoms with Crippen molar-refractivity contribution >= 4 is 17.6 Å². The highest BCUT2D eigenvalue weighted by molar-refractivity contribution is 6.01. The molecular weight excluding hydrogens is 268 g/mol. The van der Waals surface area contributed by atoms with Crippen LogP contribution in [0.2, 0.25) is 0 Å². The quantitative estimate of drug-likeness (QED) is 0.664. The van der Waals surface area contributed by atoms with Crippen molar-refractivity contribution in [2.75, 3.05) is 12.8 Å². The Morgan fingerprint density at radius 3 is 2.29 bits per heavy atom. The number of rotatable bonds is 4. The SMILES string of the molecule is COC(=O)C(NC(=O)c1ccccc1N)c1ccccc1. The van der Waals surface area contributed by atoms with E-state index in [2.05, 4.69) is 5.32 Å². The number of methoxy groups -OCH3 is 1. The molecule has 21 heavy (non-hydrogen) atoms. The van der Waals surface area contributed by atoms with Gasteiger partial charge in [-0.15, -0.1) is 0 Å². The summed E-state index contributed by atoms with van der Waals surface area (Å²) in [5.74, 6) is -0.962. The van der Waals surface area contributed by atoms with E-state index in [0.29, 0.717) is 16.8 Å². The van der Waals surface area contributed by atoms with E-state index in [1.54, 1.807) is 48.5 Å². The highest BCUT2D eigenvalue weighted by atomic mass is 16.5. The number of carbonyl (C=O) groups is 2. The normalized spacial score (nSPS) is 11.5. The van der Waals surface area contributed by atoms with Crippen LogP contribution in [-0.4, -0.2) is 19.0 Å². The molecular formula is C16H16N2O3. The zero-order valence-corrected chi connectivity index (χ0v) is 11.6. The second-order valence-corrected chi connectivity index (χ2v) is 4.43. The minimum absolute atomic E-state index is 0.322. The van der Waals surface area contributed by atoms with Gasteiger partial charge in [-0.05, 0) is 17.7 Å². The number of para-hydroxylation sites is 1. The van der Waals surface area contributed by atoms with E-state index in [1.165, 1.54) is 7.11 Å². The van der Waals surface area contributed by atoms with Crippen LogP contribution in [0.15, 0.2) is 54.6 Å². The van der Waals surface area contributed by atoms with Crippen LogP contribution >= 0.6 is 0 Å². The fraction of sp³-hybridized carbons (Fsp3) is 0.125. The molecule has 3 N–H and O–H groups in total. The predicted molar refractivity (Wildman–Crippen MR) is 79.5 cm³/mol. The van der Waals surface area contributed by atoms with E-state index in [0.717, 1.165) is 0 Å². The van der Waals surface area contributed by atoms with Crippen LogP contribution in [0.1, 0.15) is 22.0 Å². The minimum Gasteiger partial charge on any atom is -0.467 e. The number of hydrogen-bond acceptors (Lipinski definition) is 4. The van der Waals surface area contributed by atoms with Crippen LogP contribution < -0.4 is 11.1 Å². The monoisotopic (exact) mass is 284 g/mol. The van der Waals surface area contributed by atoms with Crippen molar-refractivity contribution in [3.05, 3.63) is 65.7 Å². The zero-order chi connectivity index (χ0) is 15.2. The molecule has 0 radical (unpaired) electrons. The van der Waals surface area contributed by atoms with Crippen molar-refractivity contribution in [3.63, 3.8) is 0 Å². The summed E-state index contributed by atoms with van der Waals surface area (Å²) in [6, 6.07) is 14.7. The lowest BCUT2D eigenvalue weighted by Gasteiger charge is -2.17. The summed E-state index contributed by atoms with van der Waals surface area (Å²) >= 11 is 0. The highest BCUT2D eigenvalue weighted by Crippen LogP contribution is 2.17. The molecule has 0 aliphatic carbocycles. The number of hydrogen-bond donors (Lipinski definition) is 2. The molecule has 0 bridgehead atoms. The number of nitrogens with one attached hydrogen (secondary N) is 1. The topological polar surface area (TPSA) is 81.4 Å². The summed E-state index contributed by atoms with van der Waals surface area (Å²) in [6.07, 6.45) is 0. The number of nitrogen functional groups attached to an aromatic ring is 1. The third-order valence-corrected chi connectivity index (χ3v) is 3.05. The maximum Gasteiger partial charge on any atom is 0.333 e. The average molecular weight is 284 g/mol. The molecule has 108 valence electrons. The van der Waals surface area contributed by atoms with Gasteiger partial charge in [0.2, 0.25) is 0 Å². The lowest BCUT2D eigenvalue weighted by atomic mass is 10.1. The number of benzene rings is 2. The molecule has 0 aromatic heterocycles. The first kappa shape index (κ1) is 14.6. The van der Waals surface area contributed by atoms with Crippen LogP contribution in [0.3, 0.4) is 0 Å². The number of esters is 1. The van der Waals surface area contributed by atoms with Gasteiger partial charge in [-0.2, -0.15) is 0 Å². The second-order valence-electron chi connectivity index (χ2n) is 4.43. The van der Waals surface area contributed by atoms with E-state index in [4.69, 9.17) is 10.5 Å². The number of amides is 1. The van der Waals surface area contributed by atoms with E-state index in [1.807, 2.05) is 6.07 Å². The second kappa shape index (κ2) is 6.56. The van der Waals surface area contributed by atoms with Crippen molar-refractivity contribution in [3.8, 4) is 0 Å². The number of anilines is 1. The Hall–Kier alpha value is -2.82. The Morgan fingerprint density at radius 2 is 1.67 bits per heavy atom. The summed E-state index contributed by atoms with van der Waals surface area (Å²) in [4.78, 5) is 24.2. The van der Waals surface area contributed by atoms with Gasteiger partial charge in [0.25, 0.3) is 5.91 Å². The lowest BCUT2D eigenvalue weighted by molar-refractivity contribution is -0.143. The van der Waals surface area contributed by atoms with Crippen molar-refractivity contribution in [2.24, 2.45) is 0 Å². The molecule has 0 aliphatic heterocycles. The fourth-order valence-corrected chi connectivity index (χ4v) is 1.95. The van der Waals surface area contributed by atoms with Crippen LogP contribution in [0.4, 0.5) is 5.69 Å². The largest absolute Gasteiger partial charge is 0.467 e. The molecule has 0 saturated heterocycles. The van der Waals surface area contributed by atoms with Crippen molar-refractivity contribution < 1.29 is 14.3 Å². The van der Waals surface area contributed by atoms with Gasteiger partial charge < -0.3 is 15.8 Å². The van der Waals surface area contributed by atoms with Gasteiger partial charge in [0.15, 0.2) is 6.04 Å².